The minimum Gasteiger partial charge on any atom is -0.344 e. The maximum Gasteiger partial charge on any atom is 0.247 e. The van der Waals surface area contributed by atoms with Crippen LogP contribution in [0.5, 0.6) is 0 Å². The third-order valence-electron chi connectivity index (χ3n) is 2.75. The number of carbonyl (C=O) groups is 2. The Balaban J connectivity index is 2.81. The fourth-order valence-corrected chi connectivity index (χ4v) is 1.64. The van der Waals surface area contributed by atoms with Gasteiger partial charge in [-0.05, 0) is 30.5 Å². The summed E-state index contributed by atoms with van der Waals surface area (Å²) in [5.41, 5.74) is 0.893. The van der Waals surface area contributed by atoms with Crippen molar-refractivity contribution in [2.24, 2.45) is 5.92 Å². The number of nitrogens with one attached hydrogen (secondary N) is 2. The van der Waals surface area contributed by atoms with Crippen LogP contribution in [-0.2, 0) is 9.59 Å². The predicted octanol–water partition coefficient (Wildman–Crippen LogP) is 2.23. The summed E-state index contributed by atoms with van der Waals surface area (Å²) in [6.45, 7) is 6.66. The van der Waals surface area contributed by atoms with Gasteiger partial charge in [0.1, 0.15) is 11.9 Å². The molecule has 0 radical (unpaired) electrons. The summed E-state index contributed by atoms with van der Waals surface area (Å²) >= 11 is 0. The Morgan fingerprint density at radius 1 is 1.26 bits per heavy atom. The normalized spacial score (nSPS) is 12.1. The van der Waals surface area contributed by atoms with E-state index in [1.165, 1.54) is 13.0 Å². The minimum absolute atomic E-state index is 0.0563. The van der Waals surface area contributed by atoms with Crippen LogP contribution < -0.4 is 10.6 Å². The molecule has 19 heavy (non-hydrogen) atoms. The Morgan fingerprint density at radius 2 is 1.89 bits per heavy atom. The summed E-state index contributed by atoms with van der Waals surface area (Å²) < 4.78 is 13.4. The Morgan fingerprint density at radius 3 is 2.37 bits per heavy atom. The van der Waals surface area contributed by atoms with Gasteiger partial charge in [0.15, 0.2) is 0 Å². The van der Waals surface area contributed by atoms with Gasteiger partial charge < -0.3 is 10.6 Å². The second-order valence-corrected chi connectivity index (χ2v) is 4.88. The van der Waals surface area contributed by atoms with Crippen LogP contribution in [0.3, 0.4) is 0 Å². The van der Waals surface area contributed by atoms with Crippen molar-refractivity contribution < 1.29 is 14.0 Å². The lowest BCUT2D eigenvalue weighted by molar-refractivity contribution is -0.126. The van der Waals surface area contributed by atoms with Gasteiger partial charge in [-0.3, -0.25) is 9.59 Å². The van der Waals surface area contributed by atoms with Crippen LogP contribution in [0.15, 0.2) is 18.2 Å². The zero-order valence-corrected chi connectivity index (χ0v) is 11.6. The number of aryl methyl sites for hydroxylation is 1. The summed E-state index contributed by atoms with van der Waals surface area (Å²) in [6, 6.07) is 3.84. The molecule has 2 amide bonds. The number of benzene rings is 1. The molecule has 5 heteroatoms. The number of amides is 2. The molecule has 2 N–H and O–H groups in total. The predicted molar refractivity (Wildman–Crippen MR) is 72.2 cm³/mol. The highest BCUT2D eigenvalue weighted by Gasteiger charge is 2.23. The first-order valence-corrected chi connectivity index (χ1v) is 6.15. The molecule has 0 bridgehead atoms. The van der Waals surface area contributed by atoms with Gasteiger partial charge in [0, 0.05) is 12.6 Å². The van der Waals surface area contributed by atoms with Gasteiger partial charge in [-0.15, -0.1) is 0 Å². The molecule has 0 aliphatic rings. The third-order valence-corrected chi connectivity index (χ3v) is 2.75. The Kier molecular flexibility index (Phi) is 5.03. The smallest absolute Gasteiger partial charge is 0.247 e. The fraction of sp³-hybridized carbons (Fsp3) is 0.429. The lowest BCUT2D eigenvalue weighted by atomic mass is 10.0. The lowest BCUT2D eigenvalue weighted by Crippen LogP contribution is -2.46. The summed E-state index contributed by atoms with van der Waals surface area (Å²) in [4.78, 5) is 23.1. The van der Waals surface area contributed by atoms with Crippen molar-refractivity contribution in [2.75, 3.05) is 5.32 Å². The molecule has 0 aliphatic heterocycles. The molecule has 1 aromatic carbocycles. The van der Waals surface area contributed by atoms with Crippen molar-refractivity contribution >= 4 is 17.5 Å². The number of anilines is 1. The SMILES string of the molecule is CC(=O)N[C@H](C(=O)Nc1ccc(C)c(F)c1)C(C)C. The van der Waals surface area contributed by atoms with Crippen molar-refractivity contribution in [3.63, 3.8) is 0 Å². The van der Waals surface area contributed by atoms with Crippen molar-refractivity contribution in [2.45, 2.75) is 33.7 Å². The van der Waals surface area contributed by atoms with Crippen molar-refractivity contribution in [3.8, 4) is 0 Å². The van der Waals surface area contributed by atoms with Crippen molar-refractivity contribution in [1.29, 1.82) is 0 Å². The summed E-state index contributed by atoms with van der Waals surface area (Å²) in [7, 11) is 0. The molecular weight excluding hydrogens is 247 g/mol. The Hall–Kier alpha value is -1.91. The highest BCUT2D eigenvalue weighted by Crippen LogP contribution is 2.14. The Labute approximate surface area is 112 Å². The monoisotopic (exact) mass is 266 g/mol. The van der Waals surface area contributed by atoms with Gasteiger partial charge in [0.25, 0.3) is 0 Å². The van der Waals surface area contributed by atoms with E-state index in [0.717, 1.165) is 0 Å². The van der Waals surface area contributed by atoms with Crippen LogP contribution in [0, 0.1) is 18.7 Å². The lowest BCUT2D eigenvalue weighted by Gasteiger charge is -2.21. The second-order valence-electron chi connectivity index (χ2n) is 4.88. The molecule has 0 spiro atoms. The van der Waals surface area contributed by atoms with Gasteiger partial charge in [0.2, 0.25) is 11.8 Å². The quantitative estimate of drug-likeness (QED) is 0.878. The molecule has 0 fully saturated rings. The maximum atomic E-state index is 13.4. The first kappa shape index (κ1) is 15.1. The highest BCUT2D eigenvalue weighted by atomic mass is 19.1. The number of carbonyl (C=O) groups excluding carboxylic acids is 2. The van der Waals surface area contributed by atoms with E-state index in [2.05, 4.69) is 10.6 Å². The van der Waals surface area contributed by atoms with Crippen molar-refractivity contribution in [1.82, 2.24) is 5.32 Å². The minimum atomic E-state index is -0.637. The van der Waals surface area contributed by atoms with Gasteiger partial charge in [-0.1, -0.05) is 19.9 Å². The van der Waals surface area contributed by atoms with E-state index in [4.69, 9.17) is 0 Å². The Bertz CT molecular complexity index is 486. The van der Waals surface area contributed by atoms with Gasteiger partial charge >= 0.3 is 0 Å². The average molecular weight is 266 g/mol. The molecule has 1 rings (SSSR count). The number of halogens is 1. The van der Waals surface area contributed by atoms with E-state index < -0.39 is 6.04 Å². The standard InChI is InChI=1S/C14H19FN2O2/c1-8(2)13(16-10(4)18)14(19)17-11-6-5-9(3)12(15)7-11/h5-8,13H,1-4H3,(H,16,18)(H,17,19)/t13-/m0/s1. The second kappa shape index (κ2) is 6.31. The highest BCUT2D eigenvalue weighted by molar-refractivity contribution is 5.97. The van der Waals surface area contributed by atoms with Crippen LogP contribution in [0.4, 0.5) is 10.1 Å². The van der Waals surface area contributed by atoms with Crippen LogP contribution >= 0.6 is 0 Å². The van der Waals surface area contributed by atoms with Gasteiger partial charge in [-0.25, -0.2) is 4.39 Å². The summed E-state index contributed by atoms with van der Waals surface area (Å²) in [5, 5.41) is 5.18. The van der Waals surface area contributed by atoms with Crippen LogP contribution in [0.25, 0.3) is 0 Å². The molecule has 4 nitrogen and oxygen atoms in total. The first-order valence-electron chi connectivity index (χ1n) is 6.15. The number of hydrogen-bond acceptors (Lipinski definition) is 2. The molecule has 0 aliphatic carbocycles. The molecule has 0 heterocycles. The number of hydrogen-bond donors (Lipinski definition) is 2. The van der Waals surface area contributed by atoms with E-state index in [1.807, 2.05) is 13.8 Å². The van der Waals surface area contributed by atoms with Crippen LogP contribution in [0.2, 0.25) is 0 Å². The molecule has 0 saturated heterocycles. The maximum absolute atomic E-state index is 13.4. The van der Waals surface area contributed by atoms with Crippen molar-refractivity contribution in [3.05, 3.63) is 29.6 Å². The summed E-state index contributed by atoms with van der Waals surface area (Å²) in [6.07, 6.45) is 0. The van der Waals surface area contributed by atoms with Gasteiger partial charge in [-0.2, -0.15) is 0 Å². The van der Waals surface area contributed by atoms with Crippen LogP contribution in [0.1, 0.15) is 26.3 Å². The molecule has 0 aromatic heterocycles. The largest absolute Gasteiger partial charge is 0.344 e. The van der Waals surface area contributed by atoms with E-state index in [0.29, 0.717) is 11.3 Å². The fourth-order valence-electron chi connectivity index (χ4n) is 1.64. The average Bonchev–Trinajstić information content (AvgIpc) is 2.30. The first-order chi connectivity index (χ1) is 8.81. The van der Waals surface area contributed by atoms with E-state index in [1.54, 1.807) is 19.1 Å². The van der Waals surface area contributed by atoms with E-state index in [-0.39, 0.29) is 23.5 Å². The zero-order chi connectivity index (χ0) is 14.6. The molecule has 0 saturated carbocycles. The third kappa shape index (κ3) is 4.35. The number of rotatable bonds is 4. The summed E-state index contributed by atoms with van der Waals surface area (Å²) in [5.74, 6) is -1.06. The molecule has 1 atom stereocenters. The van der Waals surface area contributed by atoms with E-state index in [9.17, 15) is 14.0 Å². The van der Waals surface area contributed by atoms with E-state index >= 15 is 0 Å². The topological polar surface area (TPSA) is 58.2 Å². The molecule has 0 unspecified atom stereocenters. The molecule has 104 valence electrons. The van der Waals surface area contributed by atoms with Crippen LogP contribution in [-0.4, -0.2) is 17.9 Å². The molecular formula is C14H19FN2O2. The zero-order valence-electron chi connectivity index (χ0n) is 11.6. The molecule has 1 aromatic rings. The van der Waals surface area contributed by atoms with Gasteiger partial charge in [0.05, 0.1) is 0 Å².